The molecule has 0 saturated heterocycles. The lowest BCUT2D eigenvalue weighted by Crippen LogP contribution is -2.28. The van der Waals surface area contributed by atoms with E-state index < -0.39 is 0 Å². The summed E-state index contributed by atoms with van der Waals surface area (Å²) in [6.07, 6.45) is 2.09. The van der Waals surface area contributed by atoms with Gasteiger partial charge in [0.05, 0.1) is 29.5 Å². The number of fused-ring (bicyclic) bond motifs is 2. The largest absolute Gasteiger partial charge is 0.391 e. The SMILES string of the molecule is OC1Cc2ccccc2C1NCc1ccc(-c2ccc3nc[nH]c3c2)cc1. The number of imidazole rings is 1. The summed E-state index contributed by atoms with van der Waals surface area (Å²) in [5.41, 5.74) is 8.05. The Bertz CT molecular complexity index is 1080. The molecule has 3 N–H and O–H groups in total. The Morgan fingerprint density at radius 3 is 2.70 bits per heavy atom. The van der Waals surface area contributed by atoms with Crippen LogP contribution in [0, 0.1) is 0 Å². The van der Waals surface area contributed by atoms with E-state index in [-0.39, 0.29) is 12.1 Å². The van der Waals surface area contributed by atoms with Crippen LogP contribution in [0.4, 0.5) is 0 Å². The molecule has 0 amide bonds. The van der Waals surface area contributed by atoms with Gasteiger partial charge in [-0.05, 0) is 39.9 Å². The zero-order valence-electron chi connectivity index (χ0n) is 14.9. The van der Waals surface area contributed by atoms with Crippen molar-refractivity contribution in [2.24, 2.45) is 0 Å². The van der Waals surface area contributed by atoms with Gasteiger partial charge < -0.3 is 15.4 Å². The molecular formula is C23H21N3O. The number of aliphatic hydroxyl groups excluding tert-OH is 1. The van der Waals surface area contributed by atoms with Crippen molar-refractivity contribution in [1.29, 1.82) is 0 Å². The van der Waals surface area contributed by atoms with Crippen molar-refractivity contribution in [3.63, 3.8) is 0 Å². The third-order valence-electron chi connectivity index (χ3n) is 5.44. The molecule has 4 heteroatoms. The number of benzene rings is 3. The quantitative estimate of drug-likeness (QED) is 0.519. The molecule has 0 spiro atoms. The summed E-state index contributed by atoms with van der Waals surface area (Å²) in [6, 6.07) is 23.1. The van der Waals surface area contributed by atoms with Gasteiger partial charge in [-0.3, -0.25) is 0 Å². The molecular weight excluding hydrogens is 334 g/mol. The van der Waals surface area contributed by atoms with E-state index in [9.17, 15) is 5.11 Å². The molecule has 4 aromatic rings. The fourth-order valence-corrected chi connectivity index (χ4v) is 3.98. The molecule has 2 unspecified atom stereocenters. The maximum atomic E-state index is 10.4. The summed E-state index contributed by atoms with van der Waals surface area (Å²) < 4.78 is 0. The summed E-state index contributed by atoms with van der Waals surface area (Å²) in [4.78, 5) is 7.43. The zero-order chi connectivity index (χ0) is 18.2. The van der Waals surface area contributed by atoms with Crippen LogP contribution in [0.3, 0.4) is 0 Å². The summed E-state index contributed by atoms with van der Waals surface area (Å²) in [5, 5.41) is 13.9. The molecule has 0 fully saturated rings. The van der Waals surface area contributed by atoms with Crippen LogP contribution in [0.1, 0.15) is 22.7 Å². The normalized spacial score (nSPS) is 18.7. The highest BCUT2D eigenvalue weighted by atomic mass is 16.3. The predicted molar refractivity (Wildman–Crippen MR) is 107 cm³/mol. The van der Waals surface area contributed by atoms with Crippen molar-refractivity contribution >= 4 is 11.0 Å². The highest BCUT2D eigenvalue weighted by Gasteiger charge is 2.29. The molecule has 1 aromatic heterocycles. The molecule has 5 rings (SSSR count). The van der Waals surface area contributed by atoms with E-state index in [2.05, 4.69) is 63.8 Å². The van der Waals surface area contributed by atoms with E-state index in [0.717, 1.165) is 24.0 Å². The van der Waals surface area contributed by atoms with Crippen molar-refractivity contribution in [2.45, 2.75) is 25.1 Å². The summed E-state index contributed by atoms with van der Waals surface area (Å²) in [6.45, 7) is 0.732. The number of nitrogens with one attached hydrogen (secondary N) is 2. The van der Waals surface area contributed by atoms with Crippen LogP contribution in [0.2, 0.25) is 0 Å². The summed E-state index contributed by atoms with van der Waals surface area (Å²) in [7, 11) is 0. The van der Waals surface area contributed by atoms with Gasteiger partial charge in [0.25, 0.3) is 0 Å². The van der Waals surface area contributed by atoms with E-state index in [1.807, 2.05) is 18.2 Å². The topological polar surface area (TPSA) is 60.9 Å². The number of H-pyrrole nitrogens is 1. The van der Waals surface area contributed by atoms with Crippen LogP contribution < -0.4 is 5.32 Å². The Morgan fingerprint density at radius 2 is 1.81 bits per heavy atom. The third kappa shape index (κ3) is 3.03. The van der Waals surface area contributed by atoms with Crippen molar-refractivity contribution < 1.29 is 5.11 Å². The second-order valence-corrected chi connectivity index (χ2v) is 7.16. The highest BCUT2D eigenvalue weighted by Crippen LogP contribution is 2.31. The van der Waals surface area contributed by atoms with Crippen molar-refractivity contribution in [3.05, 3.63) is 89.7 Å². The van der Waals surface area contributed by atoms with E-state index in [4.69, 9.17) is 0 Å². The molecule has 0 radical (unpaired) electrons. The van der Waals surface area contributed by atoms with Gasteiger partial charge in [0.15, 0.2) is 0 Å². The Morgan fingerprint density at radius 1 is 1.00 bits per heavy atom. The van der Waals surface area contributed by atoms with E-state index >= 15 is 0 Å². The molecule has 1 heterocycles. The van der Waals surface area contributed by atoms with Gasteiger partial charge in [-0.25, -0.2) is 4.98 Å². The van der Waals surface area contributed by atoms with Gasteiger partial charge in [-0.2, -0.15) is 0 Å². The first kappa shape index (κ1) is 16.2. The molecule has 134 valence electrons. The first-order chi connectivity index (χ1) is 13.3. The minimum Gasteiger partial charge on any atom is -0.391 e. The molecule has 1 aliphatic rings. The van der Waals surface area contributed by atoms with E-state index in [1.165, 1.54) is 27.8 Å². The summed E-state index contributed by atoms with van der Waals surface area (Å²) in [5.74, 6) is 0. The molecule has 0 aliphatic heterocycles. The second kappa shape index (κ2) is 6.65. The molecule has 27 heavy (non-hydrogen) atoms. The van der Waals surface area contributed by atoms with Crippen LogP contribution in [-0.4, -0.2) is 21.2 Å². The van der Waals surface area contributed by atoms with Gasteiger partial charge >= 0.3 is 0 Å². The fourth-order valence-electron chi connectivity index (χ4n) is 3.98. The van der Waals surface area contributed by atoms with E-state index in [0.29, 0.717) is 0 Å². The van der Waals surface area contributed by atoms with Gasteiger partial charge in [-0.1, -0.05) is 54.6 Å². The average Bonchev–Trinajstić information content (AvgIpc) is 3.29. The van der Waals surface area contributed by atoms with Crippen LogP contribution in [0.5, 0.6) is 0 Å². The number of aromatic nitrogens is 2. The minimum atomic E-state index is -0.359. The van der Waals surface area contributed by atoms with Gasteiger partial charge in [0.1, 0.15) is 0 Å². The molecule has 3 aromatic carbocycles. The molecule has 1 aliphatic carbocycles. The number of aliphatic hydroxyl groups is 1. The third-order valence-corrected chi connectivity index (χ3v) is 5.44. The average molecular weight is 355 g/mol. The Balaban J connectivity index is 1.31. The predicted octanol–water partition coefficient (Wildman–Crippen LogP) is 3.98. The Hall–Kier alpha value is -2.95. The zero-order valence-corrected chi connectivity index (χ0v) is 14.9. The van der Waals surface area contributed by atoms with Crippen molar-refractivity contribution in [3.8, 4) is 11.1 Å². The monoisotopic (exact) mass is 355 g/mol. The van der Waals surface area contributed by atoms with Gasteiger partial charge in [0, 0.05) is 13.0 Å². The van der Waals surface area contributed by atoms with Crippen LogP contribution in [0.25, 0.3) is 22.2 Å². The maximum absolute atomic E-state index is 10.4. The molecule has 4 nitrogen and oxygen atoms in total. The van der Waals surface area contributed by atoms with Gasteiger partial charge in [-0.15, -0.1) is 0 Å². The smallest absolute Gasteiger partial charge is 0.0931 e. The first-order valence-corrected chi connectivity index (χ1v) is 9.30. The van der Waals surface area contributed by atoms with Crippen LogP contribution in [-0.2, 0) is 13.0 Å². The van der Waals surface area contributed by atoms with Crippen molar-refractivity contribution in [2.75, 3.05) is 0 Å². The minimum absolute atomic E-state index is 0.00339. The number of hydrogen-bond donors (Lipinski definition) is 3. The standard InChI is InChI=1S/C23H21N3O/c27-22-12-18-3-1-2-4-19(18)23(22)24-13-15-5-7-16(8-6-15)17-9-10-20-21(11-17)26-14-25-20/h1-11,14,22-24,27H,12-13H2,(H,25,26). The van der Waals surface area contributed by atoms with E-state index in [1.54, 1.807) is 6.33 Å². The Kier molecular flexibility index (Phi) is 4.00. The number of aromatic amines is 1. The highest BCUT2D eigenvalue weighted by molar-refractivity contribution is 5.81. The number of hydrogen-bond acceptors (Lipinski definition) is 3. The lowest BCUT2D eigenvalue weighted by molar-refractivity contribution is 0.140. The molecule has 0 bridgehead atoms. The van der Waals surface area contributed by atoms with Crippen LogP contribution >= 0.6 is 0 Å². The lowest BCUT2D eigenvalue weighted by Gasteiger charge is -2.18. The first-order valence-electron chi connectivity index (χ1n) is 9.30. The fraction of sp³-hybridized carbons (Fsp3) is 0.174. The van der Waals surface area contributed by atoms with Crippen LogP contribution in [0.15, 0.2) is 73.1 Å². The second-order valence-electron chi connectivity index (χ2n) is 7.16. The van der Waals surface area contributed by atoms with Gasteiger partial charge in [0.2, 0.25) is 0 Å². The number of rotatable bonds is 4. The molecule has 0 saturated carbocycles. The lowest BCUT2D eigenvalue weighted by atomic mass is 10.0. The number of nitrogens with zero attached hydrogens (tertiary/aromatic N) is 1. The molecule has 2 atom stereocenters. The summed E-state index contributed by atoms with van der Waals surface area (Å²) >= 11 is 0. The Labute approximate surface area is 157 Å². The maximum Gasteiger partial charge on any atom is 0.0931 e. The van der Waals surface area contributed by atoms with Crippen molar-refractivity contribution in [1.82, 2.24) is 15.3 Å².